The van der Waals surface area contributed by atoms with E-state index in [2.05, 4.69) is 15.3 Å². The maximum atomic E-state index is 12.1. The van der Waals surface area contributed by atoms with E-state index in [0.29, 0.717) is 24.5 Å². The van der Waals surface area contributed by atoms with Crippen LogP contribution in [0.1, 0.15) is 29.5 Å². The van der Waals surface area contributed by atoms with Crippen molar-refractivity contribution in [3.8, 4) is 5.75 Å². The summed E-state index contributed by atoms with van der Waals surface area (Å²) >= 11 is 0. The summed E-state index contributed by atoms with van der Waals surface area (Å²) in [6.45, 7) is 3.06. The van der Waals surface area contributed by atoms with Gasteiger partial charge in [0.1, 0.15) is 11.6 Å². The number of para-hydroxylation sites is 1. The van der Waals surface area contributed by atoms with Crippen molar-refractivity contribution in [2.45, 2.75) is 19.8 Å². The molecule has 0 fully saturated rings. The van der Waals surface area contributed by atoms with Gasteiger partial charge < -0.3 is 15.0 Å². The van der Waals surface area contributed by atoms with E-state index in [4.69, 9.17) is 4.74 Å². The molecule has 0 spiro atoms. The topological polar surface area (TPSA) is 67.0 Å². The lowest BCUT2D eigenvalue weighted by Crippen LogP contribution is -2.25. The first-order valence-corrected chi connectivity index (χ1v) is 6.79. The second kappa shape index (κ2) is 7.33. The van der Waals surface area contributed by atoms with E-state index in [-0.39, 0.29) is 5.91 Å². The quantitative estimate of drug-likeness (QED) is 0.760. The summed E-state index contributed by atoms with van der Waals surface area (Å²) in [5.74, 6) is 1.46. The van der Waals surface area contributed by atoms with Crippen molar-refractivity contribution in [3.05, 3.63) is 48.0 Å². The van der Waals surface area contributed by atoms with Gasteiger partial charge in [-0.05, 0) is 25.5 Å². The minimum absolute atomic E-state index is 0.103. The molecule has 0 aliphatic carbocycles. The first-order chi connectivity index (χ1) is 9.81. The lowest BCUT2D eigenvalue weighted by atomic mass is 10.2. The Labute approximate surface area is 118 Å². The predicted molar refractivity (Wildman–Crippen MR) is 76.9 cm³/mol. The fraction of sp³-hybridized carbons (Fsp3) is 0.333. The normalized spacial score (nSPS) is 10.2. The minimum Gasteiger partial charge on any atom is -0.493 e. The van der Waals surface area contributed by atoms with E-state index in [1.54, 1.807) is 24.5 Å². The summed E-state index contributed by atoms with van der Waals surface area (Å²) in [6.07, 6.45) is 5.19. The molecule has 0 saturated heterocycles. The van der Waals surface area contributed by atoms with Crippen LogP contribution in [0.25, 0.3) is 0 Å². The number of aromatic nitrogens is 2. The zero-order chi connectivity index (χ0) is 14.2. The third-order valence-corrected chi connectivity index (χ3v) is 2.86. The molecule has 1 amide bonds. The predicted octanol–water partition coefficient (Wildman–Crippen LogP) is 2.17. The molecule has 0 aliphatic heterocycles. The highest BCUT2D eigenvalue weighted by molar-refractivity contribution is 5.96. The van der Waals surface area contributed by atoms with Gasteiger partial charge in [0.25, 0.3) is 5.91 Å². The SMILES string of the molecule is CCOc1ccccc1C(=O)NCCCc1ncc[nH]1. The average Bonchev–Trinajstić information content (AvgIpc) is 2.97. The first-order valence-electron chi connectivity index (χ1n) is 6.79. The summed E-state index contributed by atoms with van der Waals surface area (Å²) in [4.78, 5) is 19.3. The highest BCUT2D eigenvalue weighted by Crippen LogP contribution is 2.17. The van der Waals surface area contributed by atoms with Gasteiger partial charge in [-0.2, -0.15) is 0 Å². The molecule has 0 atom stereocenters. The van der Waals surface area contributed by atoms with Crippen LogP contribution in [0.3, 0.4) is 0 Å². The van der Waals surface area contributed by atoms with Gasteiger partial charge in [-0.25, -0.2) is 4.98 Å². The molecule has 1 heterocycles. The maximum Gasteiger partial charge on any atom is 0.255 e. The van der Waals surface area contributed by atoms with Crippen LogP contribution in [0.2, 0.25) is 0 Å². The summed E-state index contributed by atoms with van der Waals surface area (Å²) in [5.41, 5.74) is 0.576. The standard InChI is InChI=1S/C15H19N3O2/c1-2-20-13-7-4-3-6-12(13)15(19)18-9-5-8-14-16-10-11-17-14/h3-4,6-7,10-11H,2,5,8-9H2,1H3,(H,16,17)(H,18,19). The molecule has 5 nitrogen and oxygen atoms in total. The Kier molecular flexibility index (Phi) is 5.17. The summed E-state index contributed by atoms with van der Waals surface area (Å²) in [6, 6.07) is 7.27. The number of carbonyl (C=O) groups excluding carboxylic acids is 1. The lowest BCUT2D eigenvalue weighted by molar-refractivity contribution is 0.0949. The Hall–Kier alpha value is -2.30. The zero-order valence-corrected chi connectivity index (χ0v) is 11.6. The number of carbonyl (C=O) groups is 1. The molecule has 106 valence electrons. The van der Waals surface area contributed by atoms with Gasteiger partial charge in [0.05, 0.1) is 12.2 Å². The number of H-pyrrole nitrogens is 1. The second-order valence-electron chi connectivity index (χ2n) is 4.32. The van der Waals surface area contributed by atoms with E-state index in [9.17, 15) is 4.79 Å². The fourth-order valence-corrected chi connectivity index (χ4v) is 1.92. The van der Waals surface area contributed by atoms with E-state index in [0.717, 1.165) is 18.7 Å². The number of benzene rings is 1. The second-order valence-corrected chi connectivity index (χ2v) is 4.32. The number of rotatable bonds is 7. The molecule has 0 saturated carbocycles. The number of amides is 1. The van der Waals surface area contributed by atoms with Crippen molar-refractivity contribution in [3.63, 3.8) is 0 Å². The van der Waals surface area contributed by atoms with Crippen molar-refractivity contribution in [1.82, 2.24) is 15.3 Å². The number of hydrogen-bond donors (Lipinski definition) is 2. The minimum atomic E-state index is -0.103. The van der Waals surface area contributed by atoms with Gasteiger partial charge in [0.15, 0.2) is 0 Å². The Morgan fingerprint density at radius 2 is 2.25 bits per heavy atom. The highest BCUT2D eigenvalue weighted by Gasteiger charge is 2.10. The van der Waals surface area contributed by atoms with Crippen LogP contribution in [-0.2, 0) is 6.42 Å². The molecular formula is C15H19N3O2. The fourth-order valence-electron chi connectivity index (χ4n) is 1.92. The highest BCUT2D eigenvalue weighted by atomic mass is 16.5. The van der Waals surface area contributed by atoms with Crippen LogP contribution in [0.15, 0.2) is 36.7 Å². The van der Waals surface area contributed by atoms with Gasteiger partial charge in [0, 0.05) is 25.4 Å². The van der Waals surface area contributed by atoms with E-state index in [1.807, 2.05) is 19.1 Å². The Morgan fingerprint density at radius 1 is 1.40 bits per heavy atom. The van der Waals surface area contributed by atoms with Crippen molar-refractivity contribution < 1.29 is 9.53 Å². The molecule has 0 unspecified atom stereocenters. The van der Waals surface area contributed by atoms with Gasteiger partial charge in [-0.1, -0.05) is 12.1 Å². The molecule has 2 N–H and O–H groups in total. The molecule has 0 radical (unpaired) electrons. The van der Waals surface area contributed by atoms with E-state index >= 15 is 0 Å². The third kappa shape index (κ3) is 3.85. The number of hydrogen-bond acceptors (Lipinski definition) is 3. The van der Waals surface area contributed by atoms with Crippen LogP contribution in [0, 0.1) is 0 Å². The monoisotopic (exact) mass is 273 g/mol. The van der Waals surface area contributed by atoms with Crippen molar-refractivity contribution in [1.29, 1.82) is 0 Å². The number of nitrogens with zero attached hydrogens (tertiary/aromatic N) is 1. The van der Waals surface area contributed by atoms with Crippen LogP contribution < -0.4 is 10.1 Å². The summed E-state index contributed by atoms with van der Waals surface area (Å²) in [5, 5.41) is 2.90. The largest absolute Gasteiger partial charge is 0.493 e. The average molecular weight is 273 g/mol. The van der Waals surface area contributed by atoms with Crippen molar-refractivity contribution in [2.75, 3.05) is 13.2 Å². The van der Waals surface area contributed by atoms with Crippen LogP contribution in [-0.4, -0.2) is 29.0 Å². The Morgan fingerprint density at radius 3 is 3.00 bits per heavy atom. The number of nitrogens with one attached hydrogen (secondary N) is 2. The van der Waals surface area contributed by atoms with Gasteiger partial charge >= 0.3 is 0 Å². The number of ether oxygens (including phenoxy) is 1. The van der Waals surface area contributed by atoms with E-state index in [1.165, 1.54) is 0 Å². The smallest absolute Gasteiger partial charge is 0.255 e. The number of imidazole rings is 1. The lowest BCUT2D eigenvalue weighted by Gasteiger charge is -2.10. The molecule has 20 heavy (non-hydrogen) atoms. The molecule has 0 aliphatic rings. The molecule has 1 aromatic carbocycles. The van der Waals surface area contributed by atoms with Crippen LogP contribution in [0.5, 0.6) is 5.75 Å². The van der Waals surface area contributed by atoms with E-state index < -0.39 is 0 Å². The Balaban J connectivity index is 1.82. The number of aryl methyl sites for hydroxylation is 1. The summed E-state index contributed by atoms with van der Waals surface area (Å²) in [7, 11) is 0. The molecular weight excluding hydrogens is 254 g/mol. The van der Waals surface area contributed by atoms with Gasteiger partial charge in [-0.15, -0.1) is 0 Å². The van der Waals surface area contributed by atoms with Crippen LogP contribution >= 0.6 is 0 Å². The van der Waals surface area contributed by atoms with Crippen molar-refractivity contribution >= 4 is 5.91 Å². The zero-order valence-electron chi connectivity index (χ0n) is 11.6. The van der Waals surface area contributed by atoms with Gasteiger partial charge in [-0.3, -0.25) is 4.79 Å². The third-order valence-electron chi connectivity index (χ3n) is 2.86. The first kappa shape index (κ1) is 14.1. The maximum absolute atomic E-state index is 12.1. The van der Waals surface area contributed by atoms with Crippen molar-refractivity contribution in [2.24, 2.45) is 0 Å². The van der Waals surface area contributed by atoms with Gasteiger partial charge in [0.2, 0.25) is 0 Å². The van der Waals surface area contributed by atoms with Crippen LogP contribution in [0.4, 0.5) is 0 Å². The number of aromatic amines is 1. The molecule has 2 rings (SSSR count). The molecule has 2 aromatic rings. The molecule has 0 bridgehead atoms. The molecule has 1 aromatic heterocycles. The Bertz CT molecular complexity index is 538. The molecule has 5 heteroatoms. The summed E-state index contributed by atoms with van der Waals surface area (Å²) < 4.78 is 5.45.